The van der Waals surface area contributed by atoms with Gasteiger partial charge in [-0.2, -0.15) is 0 Å². The van der Waals surface area contributed by atoms with Crippen LogP contribution in [0.2, 0.25) is 0 Å². The summed E-state index contributed by atoms with van der Waals surface area (Å²) in [4.78, 5) is 28.2. The molecular formula is C28H38N2O5. The number of nitrogens with zero attached hydrogens (tertiary/aromatic N) is 1. The Morgan fingerprint density at radius 2 is 1.57 bits per heavy atom. The van der Waals surface area contributed by atoms with Gasteiger partial charge in [0.1, 0.15) is 11.8 Å². The van der Waals surface area contributed by atoms with E-state index in [-0.39, 0.29) is 24.3 Å². The highest BCUT2D eigenvalue weighted by atomic mass is 16.5. The zero-order valence-corrected chi connectivity index (χ0v) is 21.3. The molecule has 0 saturated heterocycles. The normalized spacial score (nSPS) is 14.6. The number of methoxy groups -OCH3 is 3. The zero-order valence-electron chi connectivity index (χ0n) is 21.3. The summed E-state index contributed by atoms with van der Waals surface area (Å²) in [5.41, 5.74) is 1.92. The van der Waals surface area contributed by atoms with Crippen molar-refractivity contribution in [2.45, 2.75) is 70.5 Å². The van der Waals surface area contributed by atoms with Crippen LogP contribution in [0.3, 0.4) is 0 Å². The molecule has 1 saturated carbocycles. The van der Waals surface area contributed by atoms with Crippen molar-refractivity contribution in [3.05, 3.63) is 53.6 Å². The summed E-state index contributed by atoms with van der Waals surface area (Å²) in [6.07, 6.45) is 6.33. The SMILES string of the molecule is COc1ccc(CN(C(=O)CCc2ccc(OC)c(OC)c2)[C@H](C)C(=O)NC2CCCCC2)cc1. The van der Waals surface area contributed by atoms with Crippen LogP contribution in [0.1, 0.15) is 56.6 Å². The molecule has 35 heavy (non-hydrogen) atoms. The van der Waals surface area contributed by atoms with E-state index in [2.05, 4.69) is 5.32 Å². The van der Waals surface area contributed by atoms with Crippen LogP contribution < -0.4 is 19.5 Å². The van der Waals surface area contributed by atoms with E-state index in [1.165, 1.54) is 6.42 Å². The predicted octanol–water partition coefficient (Wildman–Crippen LogP) is 4.51. The van der Waals surface area contributed by atoms with E-state index in [1.807, 2.05) is 49.4 Å². The van der Waals surface area contributed by atoms with Crippen molar-refractivity contribution in [3.63, 3.8) is 0 Å². The van der Waals surface area contributed by atoms with Gasteiger partial charge in [-0.1, -0.05) is 37.5 Å². The fraction of sp³-hybridized carbons (Fsp3) is 0.500. The summed E-state index contributed by atoms with van der Waals surface area (Å²) in [5, 5.41) is 3.18. The van der Waals surface area contributed by atoms with Gasteiger partial charge in [-0.3, -0.25) is 9.59 Å². The van der Waals surface area contributed by atoms with E-state index in [0.29, 0.717) is 24.5 Å². The highest BCUT2D eigenvalue weighted by molar-refractivity contribution is 5.87. The quantitative estimate of drug-likeness (QED) is 0.510. The third-order valence-corrected chi connectivity index (χ3v) is 6.71. The van der Waals surface area contributed by atoms with Crippen molar-refractivity contribution >= 4 is 11.8 Å². The Labute approximate surface area is 208 Å². The first-order valence-corrected chi connectivity index (χ1v) is 12.4. The summed E-state index contributed by atoms with van der Waals surface area (Å²) >= 11 is 0. The third-order valence-electron chi connectivity index (χ3n) is 6.71. The largest absolute Gasteiger partial charge is 0.497 e. The van der Waals surface area contributed by atoms with Crippen LogP contribution in [-0.4, -0.2) is 50.1 Å². The summed E-state index contributed by atoms with van der Waals surface area (Å²) < 4.78 is 15.9. The number of carbonyl (C=O) groups is 2. The minimum atomic E-state index is -0.572. The topological polar surface area (TPSA) is 77.1 Å². The first-order chi connectivity index (χ1) is 16.9. The van der Waals surface area contributed by atoms with Crippen molar-refractivity contribution in [2.75, 3.05) is 21.3 Å². The first kappa shape index (κ1) is 26.4. The molecular weight excluding hydrogens is 444 g/mol. The highest BCUT2D eigenvalue weighted by Crippen LogP contribution is 2.28. The van der Waals surface area contributed by atoms with E-state index in [0.717, 1.165) is 42.6 Å². The van der Waals surface area contributed by atoms with Gasteiger partial charge in [0.05, 0.1) is 21.3 Å². The second-order valence-electron chi connectivity index (χ2n) is 9.08. The summed E-state index contributed by atoms with van der Waals surface area (Å²) in [7, 11) is 4.81. The zero-order chi connectivity index (χ0) is 25.2. The Morgan fingerprint density at radius 3 is 2.20 bits per heavy atom. The fourth-order valence-electron chi connectivity index (χ4n) is 4.51. The number of rotatable bonds is 11. The fourth-order valence-corrected chi connectivity index (χ4v) is 4.51. The molecule has 1 fully saturated rings. The molecule has 0 unspecified atom stereocenters. The molecule has 2 amide bonds. The second kappa shape index (κ2) is 13.0. The molecule has 0 spiro atoms. The molecule has 0 heterocycles. The smallest absolute Gasteiger partial charge is 0.242 e. The molecule has 0 radical (unpaired) electrons. The summed E-state index contributed by atoms with van der Waals surface area (Å²) in [6, 6.07) is 12.9. The van der Waals surface area contributed by atoms with Gasteiger partial charge in [-0.05, 0) is 61.6 Å². The first-order valence-electron chi connectivity index (χ1n) is 12.4. The maximum absolute atomic E-state index is 13.4. The third kappa shape index (κ3) is 7.38. The van der Waals surface area contributed by atoms with Gasteiger partial charge in [0.15, 0.2) is 11.5 Å². The lowest BCUT2D eigenvalue weighted by molar-refractivity contribution is -0.141. The maximum Gasteiger partial charge on any atom is 0.242 e. The van der Waals surface area contributed by atoms with Crippen LogP contribution in [0.15, 0.2) is 42.5 Å². The maximum atomic E-state index is 13.4. The molecule has 2 aromatic carbocycles. The Kier molecular flexibility index (Phi) is 9.82. The van der Waals surface area contributed by atoms with Gasteiger partial charge in [-0.25, -0.2) is 0 Å². The van der Waals surface area contributed by atoms with Crippen LogP contribution in [-0.2, 0) is 22.6 Å². The average Bonchev–Trinajstić information content (AvgIpc) is 2.90. The van der Waals surface area contributed by atoms with Crippen molar-refractivity contribution in [1.29, 1.82) is 0 Å². The van der Waals surface area contributed by atoms with E-state index < -0.39 is 6.04 Å². The van der Waals surface area contributed by atoms with Gasteiger partial charge in [0, 0.05) is 19.0 Å². The number of hydrogen-bond donors (Lipinski definition) is 1. The highest BCUT2D eigenvalue weighted by Gasteiger charge is 2.28. The van der Waals surface area contributed by atoms with Gasteiger partial charge < -0.3 is 24.4 Å². The molecule has 7 nitrogen and oxygen atoms in total. The summed E-state index contributed by atoms with van der Waals surface area (Å²) in [6.45, 7) is 2.17. The minimum absolute atomic E-state index is 0.0677. The van der Waals surface area contributed by atoms with Crippen molar-refractivity contribution in [2.24, 2.45) is 0 Å². The Balaban J connectivity index is 1.72. The Hall–Kier alpha value is -3.22. The van der Waals surface area contributed by atoms with Gasteiger partial charge in [0.25, 0.3) is 0 Å². The summed E-state index contributed by atoms with van der Waals surface area (Å²) in [5.74, 6) is 1.87. The van der Waals surface area contributed by atoms with Gasteiger partial charge >= 0.3 is 0 Å². The molecule has 0 aromatic heterocycles. The number of benzene rings is 2. The Morgan fingerprint density at radius 1 is 0.914 bits per heavy atom. The van der Waals surface area contributed by atoms with Crippen LogP contribution in [0.25, 0.3) is 0 Å². The number of amides is 2. The molecule has 1 aliphatic rings. The molecule has 190 valence electrons. The monoisotopic (exact) mass is 482 g/mol. The number of aryl methyl sites for hydroxylation is 1. The Bertz CT molecular complexity index is 970. The van der Waals surface area contributed by atoms with Crippen LogP contribution in [0, 0.1) is 0 Å². The predicted molar refractivity (Wildman–Crippen MR) is 136 cm³/mol. The lowest BCUT2D eigenvalue weighted by atomic mass is 9.95. The van der Waals surface area contributed by atoms with E-state index in [4.69, 9.17) is 14.2 Å². The average molecular weight is 483 g/mol. The van der Waals surface area contributed by atoms with E-state index in [9.17, 15) is 9.59 Å². The van der Waals surface area contributed by atoms with Crippen molar-refractivity contribution in [3.8, 4) is 17.2 Å². The van der Waals surface area contributed by atoms with Crippen LogP contribution in [0.5, 0.6) is 17.2 Å². The number of nitrogens with one attached hydrogen (secondary N) is 1. The molecule has 1 N–H and O–H groups in total. The molecule has 3 rings (SSSR count). The lowest BCUT2D eigenvalue weighted by Crippen LogP contribution is -2.50. The minimum Gasteiger partial charge on any atom is -0.497 e. The molecule has 1 atom stereocenters. The molecule has 0 aliphatic heterocycles. The van der Waals surface area contributed by atoms with Crippen LogP contribution >= 0.6 is 0 Å². The van der Waals surface area contributed by atoms with Crippen molar-refractivity contribution < 1.29 is 23.8 Å². The van der Waals surface area contributed by atoms with Gasteiger partial charge in [0.2, 0.25) is 11.8 Å². The molecule has 1 aliphatic carbocycles. The van der Waals surface area contributed by atoms with E-state index in [1.54, 1.807) is 26.2 Å². The molecule has 7 heteroatoms. The van der Waals surface area contributed by atoms with Gasteiger partial charge in [-0.15, -0.1) is 0 Å². The number of carbonyl (C=O) groups excluding carboxylic acids is 2. The van der Waals surface area contributed by atoms with Crippen molar-refractivity contribution in [1.82, 2.24) is 10.2 Å². The second-order valence-corrected chi connectivity index (χ2v) is 9.08. The standard InChI is InChI=1S/C28H38N2O5/c1-20(28(32)29-23-8-6-5-7-9-23)30(19-22-10-14-24(33-2)15-11-22)27(31)17-13-21-12-16-25(34-3)26(18-21)35-4/h10-12,14-16,18,20,23H,5-9,13,17,19H2,1-4H3,(H,29,32)/t20-/m1/s1. The molecule has 2 aromatic rings. The number of ether oxygens (including phenoxy) is 3. The molecule has 0 bridgehead atoms. The lowest BCUT2D eigenvalue weighted by Gasteiger charge is -2.31. The van der Waals surface area contributed by atoms with E-state index >= 15 is 0 Å². The van der Waals surface area contributed by atoms with Crippen LogP contribution in [0.4, 0.5) is 0 Å². The number of hydrogen-bond acceptors (Lipinski definition) is 5.